The summed E-state index contributed by atoms with van der Waals surface area (Å²) in [7, 11) is -2.35. The summed E-state index contributed by atoms with van der Waals surface area (Å²) in [5, 5.41) is 0. The van der Waals surface area contributed by atoms with Crippen molar-refractivity contribution in [3.63, 3.8) is 0 Å². The van der Waals surface area contributed by atoms with E-state index in [4.69, 9.17) is 4.89 Å². The van der Waals surface area contributed by atoms with E-state index in [0.717, 1.165) is 0 Å². The van der Waals surface area contributed by atoms with Crippen LogP contribution in [0.5, 0.6) is 0 Å². The van der Waals surface area contributed by atoms with Crippen molar-refractivity contribution in [1.29, 1.82) is 0 Å². The topological polar surface area (TPSA) is 46.5 Å². The summed E-state index contributed by atoms with van der Waals surface area (Å²) in [6.07, 6.45) is 0. The predicted octanol–water partition coefficient (Wildman–Crippen LogP) is -2.21. The van der Waals surface area contributed by atoms with Gasteiger partial charge in [0.15, 0.2) is 0 Å². The Kier molecular flexibility index (Phi) is 9.99. The van der Waals surface area contributed by atoms with Crippen LogP contribution in [0.4, 0.5) is 0 Å². The second kappa shape index (κ2) is 6.62. The van der Waals surface area contributed by atoms with E-state index in [1.165, 1.54) is 0 Å². The van der Waals surface area contributed by atoms with Gasteiger partial charge in [0.05, 0.1) is 0 Å². The number of hydrogen-bond donors (Lipinski definition) is 1. The molecule has 0 aromatic carbocycles. The third-order valence-corrected chi connectivity index (χ3v) is 0.719. The number of rotatable bonds is 2. The van der Waals surface area contributed by atoms with Crippen LogP contribution in [0.2, 0.25) is 0 Å². The molecule has 0 aromatic rings. The zero-order chi connectivity index (χ0) is 4.99. The molecule has 0 aliphatic carbocycles. The van der Waals surface area contributed by atoms with Gasteiger partial charge in [-0.1, -0.05) is 0 Å². The van der Waals surface area contributed by atoms with Gasteiger partial charge in [0, 0.05) is 4.57 Å². The van der Waals surface area contributed by atoms with Crippen molar-refractivity contribution in [3.8, 4) is 0 Å². The van der Waals surface area contributed by atoms with E-state index in [2.05, 4.69) is 4.52 Å². The van der Waals surface area contributed by atoms with Gasteiger partial charge >= 0.3 is 27.1 Å². The zero-order valence-corrected chi connectivity index (χ0v) is 5.31. The fraction of sp³-hybridized carbons (Fsp3) is 1.00. The van der Waals surface area contributed by atoms with Crippen molar-refractivity contribution in [2.45, 2.75) is 6.92 Å². The van der Waals surface area contributed by atoms with Crippen LogP contribution in [0, 0.1) is 0 Å². The summed E-state index contributed by atoms with van der Waals surface area (Å²) < 4.78 is 13.6. The molecule has 0 bridgehead atoms. The molecular weight excluding hydrogens is 110 g/mol. The molecule has 0 aliphatic rings. The van der Waals surface area contributed by atoms with E-state index < -0.39 is 8.25 Å². The van der Waals surface area contributed by atoms with E-state index in [1.54, 1.807) is 6.92 Å². The third-order valence-electron chi connectivity index (χ3n) is 0.240. The minimum absolute atomic E-state index is 0. The summed E-state index contributed by atoms with van der Waals surface area (Å²) in [5.74, 6) is 0. The van der Waals surface area contributed by atoms with E-state index >= 15 is 0 Å². The van der Waals surface area contributed by atoms with E-state index in [-0.39, 0.29) is 20.3 Å². The van der Waals surface area contributed by atoms with Gasteiger partial charge in [-0.25, -0.2) is 0 Å². The Morgan fingerprint density at radius 3 is 2.43 bits per heavy atom. The molecule has 0 saturated heterocycles. The van der Waals surface area contributed by atoms with Crippen LogP contribution in [-0.4, -0.2) is 11.5 Å². The summed E-state index contributed by atoms with van der Waals surface area (Å²) in [6.45, 7) is 1.95. The molecule has 0 heterocycles. The summed E-state index contributed by atoms with van der Waals surface area (Å²) in [5.41, 5.74) is 0. The predicted molar refractivity (Wildman–Crippen MR) is 22.6 cm³/mol. The molecule has 0 amide bonds. The Labute approximate surface area is 56.7 Å². The van der Waals surface area contributed by atoms with Crippen molar-refractivity contribution < 1.29 is 34.3 Å². The summed E-state index contributed by atoms with van der Waals surface area (Å²) in [6, 6.07) is 0. The smallest absolute Gasteiger partial charge is 1.00 e. The molecule has 3 nitrogen and oxygen atoms in total. The standard InChI is InChI=1S/C2H5O3P.Li.H/c1-2-5-6(3)4;;/h2H2,1H3;;/q;+1;-1/p+1. The van der Waals surface area contributed by atoms with Gasteiger partial charge in [0.1, 0.15) is 6.61 Å². The largest absolute Gasteiger partial charge is 1.00 e. The van der Waals surface area contributed by atoms with Crippen LogP contribution >= 0.6 is 8.25 Å². The van der Waals surface area contributed by atoms with Gasteiger partial charge < -0.3 is 1.43 Å². The molecule has 0 spiro atoms. The maximum atomic E-state index is 9.53. The fourth-order valence-electron chi connectivity index (χ4n) is 0.110. The van der Waals surface area contributed by atoms with Crippen LogP contribution in [-0.2, 0) is 9.09 Å². The third kappa shape index (κ3) is 10.8. The summed E-state index contributed by atoms with van der Waals surface area (Å²) in [4.78, 5) is 7.84. The maximum Gasteiger partial charge on any atom is 1.00 e. The zero-order valence-electron chi connectivity index (χ0n) is 5.42. The van der Waals surface area contributed by atoms with Crippen LogP contribution in [0.1, 0.15) is 8.35 Å². The van der Waals surface area contributed by atoms with Crippen molar-refractivity contribution in [1.82, 2.24) is 0 Å². The first-order valence-electron chi connectivity index (χ1n) is 1.56. The molecule has 1 N–H and O–H groups in total. The van der Waals surface area contributed by atoms with Gasteiger partial charge in [-0.3, -0.25) is 0 Å². The van der Waals surface area contributed by atoms with E-state index in [1.807, 2.05) is 0 Å². The number of hydrogen-bond acceptors (Lipinski definition) is 2. The molecule has 0 saturated carbocycles. The molecule has 38 valence electrons. The Balaban J connectivity index is -0.000000125. The Morgan fingerprint density at radius 1 is 2.00 bits per heavy atom. The van der Waals surface area contributed by atoms with E-state index in [0.29, 0.717) is 6.61 Å². The molecule has 0 radical (unpaired) electrons. The molecule has 1 unspecified atom stereocenters. The van der Waals surface area contributed by atoms with E-state index in [9.17, 15) is 4.57 Å². The Bertz CT molecular complexity index is 61.2. The van der Waals surface area contributed by atoms with Gasteiger partial charge in [0.25, 0.3) is 0 Å². The van der Waals surface area contributed by atoms with Crippen molar-refractivity contribution in [2.24, 2.45) is 0 Å². The van der Waals surface area contributed by atoms with Crippen molar-refractivity contribution in [3.05, 3.63) is 0 Å². The van der Waals surface area contributed by atoms with Crippen LogP contribution in [0.25, 0.3) is 0 Å². The van der Waals surface area contributed by atoms with Crippen LogP contribution in [0.3, 0.4) is 0 Å². The van der Waals surface area contributed by atoms with Gasteiger partial charge in [-0.15, -0.1) is 9.42 Å². The van der Waals surface area contributed by atoms with Crippen molar-refractivity contribution >= 4 is 8.25 Å². The minimum Gasteiger partial charge on any atom is -1.00 e. The van der Waals surface area contributed by atoms with Crippen LogP contribution < -0.4 is 18.9 Å². The molecule has 7 heavy (non-hydrogen) atoms. The fourth-order valence-corrected chi connectivity index (χ4v) is 0.331. The second-order valence-electron chi connectivity index (χ2n) is 0.656. The maximum absolute atomic E-state index is 9.53. The molecular formula is C2H7LiO3P+. The first-order valence-corrected chi connectivity index (χ1v) is 2.69. The summed E-state index contributed by atoms with van der Waals surface area (Å²) >= 11 is 0. The molecule has 0 fully saturated rings. The second-order valence-corrected chi connectivity index (χ2v) is 1.39. The first-order chi connectivity index (χ1) is 2.77. The molecule has 0 aliphatic heterocycles. The molecule has 0 aromatic heterocycles. The Morgan fingerprint density at radius 2 is 2.43 bits per heavy atom. The van der Waals surface area contributed by atoms with Gasteiger partial charge in [0.2, 0.25) is 0 Å². The Hall–Kier alpha value is 0.617. The normalized spacial score (nSPS) is 9.71. The molecule has 5 heteroatoms. The average molecular weight is 117 g/mol. The van der Waals surface area contributed by atoms with Gasteiger partial charge in [-0.2, -0.15) is 0 Å². The quantitative estimate of drug-likeness (QED) is 0.329. The van der Waals surface area contributed by atoms with Crippen molar-refractivity contribution in [2.75, 3.05) is 6.61 Å². The SMILES string of the molecule is CCO[P+](=O)O.[H-].[Li+]. The van der Waals surface area contributed by atoms with Gasteiger partial charge in [-0.05, 0) is 6.92 Å². The molecule has 1 atom stereocenters. The molecule has 0 rings (SSSR count). The van der Waals surface area contributed by atoms with Crippen LogP contribution in [0.15, 0.2) is 0 Å². The first kappa shape index (κ1) is 10.6. The minimum atomic E-state index is -2.35. The average Bonchev–Trinajstić information content (AvgIpc) is 1.35. The monoisotopic (exact) mass is 117 g/mol.